The summed E-state index contributed by atoms with van der Waals surface area (Å²) in [6, 6.07) is 6.77. The first-order chi connectivity index (χ1) is 9.32. The Labute approximate surface area is 120 Å². The molecule has 5 nitrogen and oxygen atoms in total. The van der Waals surface area contributed by atoms with Crippen LogP contribution < -0.4 is 5.73 Å². The van der Waals surface area contributed by atoms with Crippen molar-refractivity contribution < 1.29 is 13.5 Å². The van der Waals surface area contributed by atoms with E-state index < -0.39 is 15.4 Å². The maximum Gasteiger partial charge on any atom is 0.179 e. The van der Waals surface area contributed by atoms with E-state index in [1.54, 1.807) is 25.1 Å². The van der Waals surface area contributed by atoms with E-state index in [2.05, 4.69) is 0 Å². The molecule has 1 aliphatic heterocycles. The van der Waals surface area contributed by atoms with Crippen LogP contribution in [0.25, 0.3) is 0 Å². The fourth-order valence-corrected chi connectivity index (χ4v) is 3.81. The summed E-state index contributed by atoms with van der Waals surface area (Å²) in [6.45, 7) is 3.84. The van der Waals surface area contributed by atoms with Gasteiger partial charge in [0.1, 0.15) is 0 Å². The molecule has 1 heterocycles. The van der Waals surface area contributed by atoms with Gasteiger partial charge >= 0.3 is 0 Å². The van der Waals surface area contributed by atoms with Gasteiger partial charge < -0.3 is 10.8 Å². The number of benzene rings is 1. The third-order valence-corrected chi connectivity index (χ3v) is 5.39. The standard InChI is InChI=1S/C14H22N2O3S/c1-14(17)5-6-16(11-14)7-8-20(18,19)13-4-2-3-12(9-13)10-15/h2-4,9,17H,5-8,10-11,15H2,1H3. The Bertz CT molecular complexity index is 570. The first-order valence-electron chi connectivity index (χ1n) is 6.79. The molecular formula is C14H22N2O3S. The van der Waals surface area contributed by atoms with Crippen LogP contribution in [0.1, 0.15) is 18.9 Å². The number of hydrogen-bond donors (Lipinski definition) is 2. The number of rotatable bonds is 5. The first kappa shape index (κ1) is 15.4. The second kappa shape index (κ2) is 5.81. The molecule has 1 unspecified atom stereocenters. The van der Waals surface area contributed by atoms with Crippen molar-refractivity contribution >= 4 is 9.84 Å². The molecule has 6 heteroatoms. The lowest BCUT2D eigenvalue weighted by atomic mass is 10.1. The van der Waals surface area contributed by atoms with Gasteiger partial charge in [-0.1, -0.05) is 12.1 Å². The summed E-state index contributed by atoms with van der Waals surface area (Å²) in [4.78, 5) is 2.32. The van der Waals surface area contributed by atoms with Gasteiger partial charge in [-0.15, -0.1) is 0 Å². The number of aliphatic hydroxyl groups is 1. The van der Waals surface area contributed by atoms with Crippen LogP contribution in [0.4, 0.5) is 0 Å². The molecule has 0 amide bonds. The normalized spacial score (nSPS) is 24.1. The predicted octanol–water partition coefficient (Wildman–Crippen LogP) is 0.376. The SMILES string of the molecule is CC1(O)CCN(CCS(=O)(=O)c2cccc(CN)c2)C1. The average molecular weight is 298 g/mol. The minimum Gasteiger partial charge on any atom is -0.389 e. The van der Waals surface area contributed by atoms with Crippen molar-refractivity contribution in [3.05, 3.63) is 29.8 Å². The largest absolute Gasteiger partial charge is 0.389 e. The van der Waals surface area contributed by atoms with E-state index >= 15 is 0 Å². The topological polar surface area (TPSA) is 83.6 Å². The first-order valence-corrected chi connectivity index (χ1v) is 8.44. The summed E-state index contributed by atoms with van der Waals surface area (Å²) in [5, 5.41) is 9.87. The third-order valence-electron chi connectivity index (χ3n) is 3.70. The Morgan fingerprint density at radius 1 is 1.45 bits per heavy atom. The molecular weight excluding hydrogens is 276 g/mol. The smallest absolute Gasteiger partial charge is 0.179 e. The highest BCUT2D eigenvalue weighted by Crippen LogP contribution is 2.20. The van der Waals surface area contributed by atoms with Gasteiger partial charge in [-0.3, -0.25) is 4.90 Å². The number of sulfone groups is 1. The van der Waals surface area contributed by atoms with Crippen molar-refractivity contribution in [3.8, 4) is 0 Å². The molecule has 2 rings (SSSR count). The molecule has 0 aromatic heterocycles. The van der Waals surface area contributed by atoms with E-state index in [9.17, 15) is 13.5 Å². The van der Waals surface area contributed by atoms with Crippen molar-refractivity contribution in [2.75, 3.05) is 25.4 Å². The number of hydrogen-bond acceptors (Lipinski definition) is 5. The van der Waals surface area contributed by atoms with Crippen LogP contribution in [0.3, 0.4) is 0 Å². The molecule has 1 aliphatic rings. The van der Waals surface area contributed by atoms with Crippen LogP contribution >= 0.6 is 0 Å². The van der Waals surface area contributed by atoms with Gasteiger partial charge in [-0.05, 0) is 31.0 Å². The molecule has 0 bridgehead atoms. The summed E-state index contributed by atoms with van der Waals surface area (Å²) < 4.78 is 24.6. The number of nitrogens with zero attached hydrogens (tertiary/aromatic N) is 1. The van der Waals surface area contributed by atoms with Crippen LogP contribution in [0, 0.1) is 0 Å². The van der Waals surface area contributed by atoms with Crippen molar-refractivity contribution in [2.24, 2.45) is 5.73 Å². The van der Waals surface area contributed by atoms with Crippen LogP contribution in [0.15, 0.2) is 29.2 Å². The molecule has 0 spiro atoms. The van der Waals surface area contributed by atoms with Crippen molar-refractivity contribution in [2.45, 2.75) is 30.4 Å². The molecule has 0 radical (unpaired) electrons. The van der Waals surface area contributed by atoms with E-state index in [0.29, 0.717) is 31.0 Å². The Balaban J connectivity index is 2.01. The van der Waals surface area contributed by atoms with Crippen molar-refractivity contribution in [1.29, 1.82) is 0 Å². The second-order valence-electron chi connectivity index (χ2n) is 5.69. The van der Waals surface area contributed by atoms with E-state index in [4.69, 9.17) is 5.73 Å². The summed E-state index contributed by atoms with van der Waals surface area (Å²) in [6.07, 6.45) is 0.690. The highest BCUT2D eigenvalue weighted by atomic mass is 32.2. The van der Waals surface area contributed by atoms with E-state index in [1.807, 2.05) is 11.0 Å². The molecule has 112 valence electrons. The van der Waals surface area contributed by atoms with Gasteiger partial charge in [-0.25, -0.2) is 8.42 Å². The summed E-state index contributed by atoms with van der Waals surface area (Å²) in [7, 11) is -3.30. The minimum absolute atomic E-state index is 0.0666. The summed E-state index contributed by atoms with van der Waals surface area (Å²) in [5.41, 5.74) is 5.66. The zero-order chi connectivity index (χ0) is 14.8. The second-order valence-corrected chi connectivity index (χ2v) is 7.80. The Kier molecular flexibility index (Phi) is 4.49. The van der Waals surface area contributed by atoms with Gasteiger partial charge in [0.25, 0.3) is 0 Å². The fraction of sp³-hybridized carbons (Fsp3) is 0.571. The monoisotopic (exact) mass is 298 g/mol. The van der Waals surface area contributed by atoms with Gasteiger partial charge in [0.2, 0.25) is 0 Å². The average Bonchev–Trinajstić information content (AvgIpc) is 2.76. The lowest BCUT2D eigenvalue weighted by Crippen LogP contribution is -2.32. The van der Waals surface area contributed by atoms with Crippen molar-refractivity contribution in [1.82, 2.24) is 4.90 Å². The predicted molar refractivity (Wildman–Crippen MR) is 78.1 cm³/mol. The van der Waals surface area contributed by atoms with Gasteiger partial charge in [0.05, 0.1) is 16.2 Å². The molecule has 0 saturated carbocycles. The zero-order valence-electron chi connectivity index (χ0n) is 11.7. The minimum atomic E-state index is -3.30. The molecule has 20 heavy (non-hydrogen) atoms. The van der Waals surface area contributed by atoms with Crippen LogP contribution in [0.2, 0.25) is 0 Å². The quantitative estimate of drug-likeness (QED) is 0.821. The molecule has 1 saturated heterocycles. The Hall–Kier alpha value is -0.950. The number of likely N-dealkylation sites (tertiary alicyclic amines) is 1. The Morgan fingerprint density at radius 3 is 2.80 bits per heavy atom. The highest BCUT2D eigenvalue weighted by molar-refractivity contribution is 7.91. The lowest BCUT2D eigenvalue weighted by molar-refractivity contribution is 0.0696. The molecule has 3 N–H and O–H groups in total. The van der Waals surface area contributed by atoms with Crippen LogP contribution in [-0.4, -0.2) is 49.4 Å². The lowest BCUT2D eigenvalue weighted by Gasteiger charge is -2.18. The highest BCUT2D eigenvalue weighted by Gasteiger charge is 2.31. The van der Waals surface area contributed by atoms with E-state index in [-0.39, 0.29) is 5.75 Å². The maximum absolute atomic E-state index is 12.3. The molecule has 1 aromatic rings. The van der Waals surface area contributed by atoms with E-state index in [0.717, 1.165) is 12.1 Å². The van der Waals surface area contributed by atoms with E-state index in [1.165, 1.54) is 0 Å². The van der Waals surface area contributed by atoms with Gasteiger partial charge in [0.15, 0.2) is 9.84 Å². The van der Waals surface area contributed by atoms with Crippen molar-refractivity contribution in [3.63, 3.8) is 0 Å². The molecule has 1 fully saturated rings. The number of β-amino-alcohol motifs (C(OH)–C–C–N with tert-alkyl or cyclic N) is 1. The Morgan fingerprint density at radius 2 is 2.20 bits per heavy atom. The summed E-state index contributed by atoms with van der Waals surface area (Å²) in [5.74, 6) is 0.0666. The van der Waals surface area contributed by atoms with Crippen LogP contribution in [0.5, 0.6) is 0 Å². The van der Waals surface area contributed by atoms with Gasteiger partial charge in [-0.2, -0.15) is 0 Å². The fourth-order valence-electron chi connectivity index (χ4n) is 2.46. The number of nitrogens with two attached hydrogens (primary N) is 1. The zero-order valence-corrected chi connectivity index (χ0v) is 12.6. The molecule has 1 aromatic carbocycles. The summed E-state index contributed by atoms with van der Waals surface area (Å²) >= 11 is 0. The molecule has 1 atom stereocenters. The van der Waals surface area contributed by atoms with Gasteiger partial charge in [0, 0.05) is 26.2 Å². The third kappa shape index (κ3) is 3.79. The van der Waals surface area contributed by atoms with Crippen LogP contribution in [-0.2, 0) is 16.4 Å². The molecule has 0 aliphatic carbocycles. The maximum atomic E-state index is 12.3.